The highest BCUT2D eigenvalue weighted by Crippen LogP contribution is 2.19. The minimum absolute atomic E-state index is 0.312. The summed E-state index contributed by atoms with van der Waals surface area (Å²) >= 11 is 5.81. The third kappa shape index (κ3) is 4.09. The fraction of sp³-hybridized carbons (Fsp3) is 0.176. The Bertz CT molecular complexity index is 693. The molecule has 2 aromatic carbocycles. The first-order valence-electron chi connectivity index (χ1n) is 6.76. The molecule has 1 N–H and O–H groups in total. The highest BCUT2D eigenvalue weighted by Gasteiger charge is 2.12. The second-order valence-corrected chi connectivity index (χ2v) is 5.34. The fourth-order valence-electron chi connectivity index (χ4n) is 2.02. The summed E-state index contributed by atoms with van der Waals surface area (Å²) in [4.78, 5) is 23.7. The van der Waals surface area contributed by atoms with Gasteiger partial charge in [-0.15, -0.1) is 0 Å². The van der Waals surface area contributed by atoms with Crippen molar-refractivity contribution >= 4 is 29.2 Å². The maximum atomic E-state index is 11.9. The average molecular weight is 318 g/mol. The van der Waals surface area contributed by atoms with Gasteiger partial charge in [0.2, 0.25) is 0 Å². The third-order valence-corrected chi connectivity index (χ3v) is 3.38. The van der Waals surface area contributed by atoms with E-state index in [4.69, 9.17) is 16.3 Å². The molecular weight excluding hydrogens is 302 g/mol. The monoisotopic (exact) mass is 317 g/mol. The van der Waals surface area contributed by atoms with E-state index in [0.717, 1.165) is 16.8 Å². The van der Waals surface area contributed by atoms with E-state index in [9.17, 15) is 9.59 Å². The van der Waals surface area contributed by atoms with Crippen molar-refractivity contribution in [1.82, 2.24) is 0 Å². The van der Waals surface area contributed by atoms with Gasteiger partial charge < -0.3 is 10.1 Å². The molecule has 0 fully saturated rings. The summed E-state index contributed by atoms with van der Waals surface area (Å²) in [6, 6.07) is 12.1. The molecule has 0 saturated carbocycles. The SMILES string of the molecule is Cc1cccc(C)c1NC(=O)COC(=O)c1cccc(Cl)c1. The van der Waals surface area contributed by atoms with Crippen molar-refractivity contribution in [1.29, 1.82) is 0 Å². The smallest absolute Gasteiger partial charge is 0.338 e. The number of rotatable bonds is 4. The van der Waals surface area contributed by atoms with E-state index < -0.39 is 5.97 Å². The van der Waals surface area contributed by atoms with Gasteiger partial charge in [0.25, 0.3) is 5.91 Å². The lowest BCUT2D eigenvalue weighted by molar-refractivity contribution is -0.119. The van der Waals surface area contributed by atoms with Crippen molar-refractivity contribution in [3.63, 3.8) is 0 Å². The molecule has 0 spiro atoms. The summed E-state index contributed by atoms with van der Waals surface area (Å²) in [5.74, 6) is -0.966. The Morgan fingerprint density at radius 3 is 2.36 bits per heavy atom. The number of carbonyl (C=O) groups is 2. The van der Waals surface area contributed by atoms with E-state index in [2.05, 4.69) is 5.32 Å². The number of aryl methyl sites for hydroxylation is 2. The lowest BCUT2D eigenvalue weighted by Gasteiger charge is -2.11. The molecule has 0 bridgehead atoms. The van der Waals surface area contributed by atoms with E-state index in [1.165, 1.54) is 6.07 Å². The highest BCUT2D eigenvalue weighted by atomic mass is 35.5. The molecule has 0 aliphatic carbocycles. The van der Waals surface area contributed by atoms with E-state index >= 15 is 0 Å². The summed E-state index contributed by atoms with van der Waals surface area (Å²) in [5, 5.41) is 3.19. The van der Waals surface area contributed by atoms with Crippen LogP contribution in [0.1, 0.15) is 21.5 Å². The molecule has 4 nitrogen and oxygen atoms in total. The maximum Gasteiger partial charge on any atom is 0.338 e. The Morgan fingerprint density at radius 1 is 1.09 bits per heavy atom. The predicted octanol–water partition coefficient (Wildman–Crippen LogP) is 3.75. The van der Waals surface area contributed by atoms with Gasteiger partial charge >= 0.3 is 5.97 Å². The standard InChI is InChI=1S/C17H16ClNO3/c1-11-5-3-6-12(2)16(11)19-15(20)10-22-17(21)13-7-4-8-14(18)9-13/h3-9H,10H2,1-2H3,(H,19,20). The quantitative estimate of drug-likeness (QED) is 0.874. The molecule has 22 heavy (non-hydrogen) atoms. The van der Waals surface area contributed by atoms with E-state index in [1.54, 1.807) is 18.2 Å². The molecule has 2 rings (SSSR count). The van der Waals surface area contributed by atoms with E-state index in [-0.39, 0.29) is 12.5 Å². The first kappa shape index (κ1) is 16.0. The van der Waals surface area contributed by atoms with Gasteiger partial charge in [-0.2, -0.15) is 0 Å². The van der Waals surface area contributed by atoms with Crippen LogP contribution in [0.4, 0.5) is 5.69 Å². The first-order valence-corrected chi connectivity index (χ1v) is 7.14. The number of carbonyl (C=O) groups excluding carboxylic acids is 2. The van der Waals surface area contributed by atoms with Gasteiger partial charge in [0.05, 0.1) is 5.56 Å². The van der Waals surface area contributed by atoms with Crippen molar-refractivity contribution in [3.05, 3.63) is 64.2 Å². The zero-order valence-corrected chi connectivity index (χ0v) is 13.1. The molecule has 114 valence electrons. The fourth-order valence-corrected chi connectivity index (χ4v) is 2.21. The largest absolute Gasteiger partial charge is 0.452 e. The number of benzene rings is 2. The van der Waals surface area contributed by atoms with Gasteiger partial charge in [0.1, 0.15) is 0 Å². The molecule has 0 aromatic heterocycles. The summed E-state index contributed by atoms with van der Waals surface area (Å²) in [6.07, 6.45) is 0. The van der Waals surface area contributed by atoms with Gasteiger partial charge in [0, 0.05) is 10.7 Å². The predicted molar refractivity (Wildman–Crippen MR) is 86.3 cm³/mol. The number of hydrogen-bond acceptors (Lipinski definition) is 3. The Morgan fingerprint density at radius 2 is 1.73 bits per heavy atom. The number of nitrogens with one attached hydrogen (secondary N) is 1. The van der Waals surface area contributed by atoms with Gasteiger partial charge in [-0.3, -0.25) is 4.79 Å². The number of hydrogen-bond donors (Lipinski definition) is 1. The Hall–Kier alpha value is -2.33. The van der Waals surface area contributed by atoms with Crippen molar-refractivity contribution in [2.75, 3.05) is 11.9 Å². The second-order valence-electron chi connectivity index (χ2n) is 4.90. The van der Waals surface area contributed by atoms with Crippen LogP contribution in [0.25, 0.3) is 0 Å². The van der Waals surface area contributed by atoms with Crippen LogP contribution in [0, 0.1) is 13.8 Å². The molecule has 0 aliphatic heterocycles. The molecule has 0 radical (unpaired) electrons. The molecule has 0 heterocycles. The maximum absolute atomic E-state index is 11.9. The zero-order valence-electron chi connectivity index (χ0n) is 12.4. The van der Waals surface area contributed by atoms with Crippen molar-refractivity contribution < 1.29 is 14.3 Å². The van der Waals surface area contributed by atoms with E-state index in [1.807, 2.05) is 32.0 Å². The van der Waals surface area contributed by atoms with Crippen LogP contribution < -0.4 is 5.32 Å². The summed E-state index contributed by atoms with van der Waals surface area (Å²) < 4.78 is 4.99. The Labute approximate surface area is 134 Å². The lowest BCUT2D eigenvalue weighted by Crippen LogP contribution is -2.21. The van der Waals surface area contributed by atoms with Crippen LogP contribution in [-0.2, 0) is 9.53 Å². The van der Waals surface area contributed by atoms with Gasteiger partial charge in [0.15, 0.2) is 6.61 Å². The van der Waals surface area contributed by atoms with Crippen LogP contribution in [0.15, 0.2) is 42.5 Å². The zero-order chi connectivity index (χ0) is 16.1. The summed E-state index contributed by atoms with van der Waals surface area (Å²) in [5.41, 5.74) is 2.96. The van der Waals surface area contributed by atoms with E-state index in [0.29, 0.717) is 10.6 Å². The van der Waals surface area contributed by atoms with Gasteiger partial charge in [-0.25, -0.2) is 4.79 Å². The van der Waals surface area contributed by atoms with Crippen LogP contribution in [0.5, 0.6) is 0 Å². The van der Waals surface area contributed by atoms with Crippen molar-refractivity contribution in [2.24, 2.45) is 0 Å². The van der Waals surface area contributed by atoms with Crippen molar-refractivity contribution in [2.45, 2.75) is 13.8 Å². The number of amides is 1. The molecule has 0 atom stereocenters. The highest BCUT2D eigenvalue weighted by molar-refractivity contribution is 6.30. The number of ether oxygens (including phenoxy) is 1. The number of anilines is 1. The summed E-state index contributed by atoms with van der Waals surface area (Å²) in [6.45, 7) is 3.46. The number of esters is 1. The van der Waals surface area contributed by atoms with Crippen LogP contribution >= 0.6 is 11.6 Å². The number of para-hydroxylation sites is 1. The molecule has 5 heteroatoms. The molecule has 0 unspecified atom stereocenters. The minimum Gasteiger partial charge on any atom is -0.452 e. The van der Waals surface area contributed by atoms with Gasteiger partial charge in [-0.1, -0.05) is 35.9 Å². The molecule has 2 aromatic rings. The minimum atomic E-state index is -0.584. The molecule has 1 amide bonds. The first-order chi connectivity index (χ1) is 10.5. The second kappa shape index (κ2) is 7.09. The van der Waals surface area contributed by atoms with Crippen LogP contribution in [-0.4, -0.2) is 18.5 Å². The average Bonchev–Trinajstić information content (AvgIpc) is 2.48. The Kier molecular flexibility index (Phi) is 5.17. The molecule has 0 saturated heterocycles. The summed E-state index contributed by atoms with van der Waals surface area (Å²) in [7, 11) is 0. The van der Waals surface area contributed by atoms with Crippen molar-refractivity contribution in [3.8, 4) is 0 Å². The Balaban J connectivity index is 1.94. The normalized spacial score (nSPS) is 10.1. The van der Waals surface area contributed by atoms with Gasteiger partial charge in [-0.05, 0) is 43.2 Å². The molecule has 0 aliphatic rings. The topological polar surface area (TPSA) is 55.4 Å². The van der Waals surface area contributed by atoms with Crippen LogP contribution in [0.3, 0.4) is 0 Å². The molecular formula is C17H16ClNO3. The number of halogens is 1. The van der Waals surface area contributed by atoms with Crippen LogP contribution in [0.2, 0.25) is 5.02 Å². The third-order valence-electron chi connectivity index (χ3n) is 3.14. The lowest BCUT2D eigenvalue weighted by atomic mass is 10.1.